The molecule has 0 saturated carbocycles. The Balaban J connectivity index is 3.10. The fraction of sp³-hybridized carbons (Fsp3) is 0.250. The zero-order valence-electron chi connectivity index (χ0n) is 9.03. The third-order valence-electron chi connectivity index (χ3n) is 1.81. The Labute approximate surface area is 103 Å². The van der Waals surface area contributed by atoms with E-state index in [2.05, 4.69) is 22.5 Å². The second-order valence-corrected chi connectivity index (χ2v) is 3.83. The first-order valence-electron chi connectivity index (χ1n) is 4.88. The highest BCUT2D eigenvalue weighted by atomic mass is 79.9. The quantitative estimate of drug-likeness (QED) is 0.594. The first kappa shape index (κ1) is 12.8. The lowest BCUT2D eigenvalue weighted by Gasteiger charge is -2.13. The van der Waals surface area contributed by atoms with Crippen LogP contribution in [0.4, 0.5) is 0 Å². The first-order valence-corrected chi connectivity index (χ1v) is 5.67. The van der Waals surface area contributed by atoms with E-state index in [1.807, 2.05) is 6.92 Å². The Morgan fingerprint density at radius 3 is 2.75 bits per heavy atom. The summed E-state index contributed by atoms with van der Waals surface area (Å²) in [5, 5.41) is 0. The van der Waals surface area contributed by atoms with Crippen LogP contribution in [0.1, 0.15) is 17.3 Å². The van der Waals surface area contributed by atoms with E-state index < -0.39 is 0 Å². The van der Waals surface area contributed by atoms with E-state index in [0.29, 0.717) is 34.7 Å². The number of ether oxygens (including phenoxy) is 2. The lowest BCUT2D eigenvalue weighted by molar-refractivity contribution is 0.112. The molecule has 0 spiro atoms. The molecular weight excluding hydrogens is 272 g/mol. The van der Waals surface area contributed by atoms with Crippen LogP contribution in [0, 0.1) is 0 Å². The van der Waals surface area contributed by atoms with Crippen LogP contribution in [-0.2, 0) is 0 Å². The van der Waals surface area contributed by atoms with Gasteiger partial charge in [-0.3, -0.25) is 4.79 Å². The normalized spacial score (nSPS) is 9.62. The van der Waals surface area contributed by atoms with Crippen LogP contribution in [0.25, 0.3) is 0 Å². The minimum Gasteiger partial charge on any atom is -0.490 e. The Morgan fingerprint density at radius 1 is 1.44 bits per heavy atom. The van der Waals surface area contributed by atoms with Crippen LogP contribution in [-0.4, -0.2) is 19.5 Å². The minimum absolute atomic E-state index is 0.388. The number of carbonyl (C=O) groups is 1. The van der Waals surface area contributed by atoms with Crippen LogP contribution >= 0.6 is 15.9 Å². The molecule has 16 heavy (non-hydrogen) atoms. The van der Waals surface area contributed by atoms with Gasteiger partial charge >= 0.3 is 0 Å². The van der Waals surface area contributed by atoms with Gasteiger partial charge in [0.25, 0.3) is 0 Å². The van der Waals surface area contributed by atoms with E-state index in [0.717, 1.165) is 6.29 Å². The lowest BCUT2D eigenvalue weighted by atomic mass is 10.2. The Hall–Kier alpha value is -1.29. The maximum absolute atomic E-state index is 10.7. The fourth-order valence-corrected chi connectivity index (χ4v) is 1.78. The molecular formula is C12H13BrO3. The highest BCUT2D eigenvalue weighted by Gasteiger charge is 2.11. The number of halogens is 1. The SMILES string of the molecule is C=CCOc1c(Br)cc(C=O)cc1OCC. The third kappa shape index (κ3) is 3.10. The van der Waals surface area contributed by atoms with Crippen LogP contribution in [0.5, 0.6) is 11.5 Å². The molecule has 0 N–H and O–H groups in total. The molecule has 0 heterocycles. The van der Waals surface area contributed by atoms with Crippen molar-refractivity contribution in [3.8, 4) is 11.5 Å². The van der Waals surface area contributed by atoms with Gasteiger partial charge in [0.05, 0.1) is 11.1 Å². The summed E-state index contributed by atoms with van der Waals surface area (Å²) >= 11 is 3.34. The van der Waals surface area contributed by atoms with E-state index in [9.17, 15) is 4.79 Å². The molecule has 1 rings (SSSR count). The third-order valence-corrected chi connectivity index (χ3v) is 2.40. The van der Waals surface area contributed by atoms with Gasteiger partial charge in [-0.2, -0.15) is 0 Å². The molecule has 0 amide bonds. The number of aldehydes is 1. The average Bonchev–Trinajstić information content (AvgIpc) is 2.28. The number of carbonyl (C=O) groups excluding carboxylic acids is 1. The second-order valence-electron chi connectivity index (χ2n) is 2.98. The standard InChI is InChI=1S/C12H13BrO3/c1-3-5-16-12-10(13)6-9(8-14)7-11(12)15-4-2/h3,6-8H,1,4-5H2,2H3. The second kappa shape index (κ2) is 6.33. The topological polar surface area (TPSA) is 35.5 Å². The maximum Gasteiger partial charge on any atom is 0.175 e. The van der Waals surface area contributed by atoms with Gasteiger partial charge in [-0.1, -0.05) is 12.7 Å². The fourth-order valence-electron chi connectivity index (χ4n) is 1.20. The highest BCUT2D eigenvalue weighted by Crippen LogP contribution is 2.36. The predicted molar refractivity (Wildman–Crippen MR) is 66.4 cm³/mol. The van der Waals surface area contributed by atoms with Crippen molar-refractivity contribution in [2.75, 3.05) is 13.2 Å². The molecule has 0 atom stereocenters. The number of hydrogen-bond donors (Lipinski definition) is 0. The minimum atomic E-state index is 0.388. The van der Waals surface area contributed by atoms with Crippen LogP contribution in [0.2, 0.25) is 0 Å². The summed E-state index contributed by atoms with van der Waals surface area (Å²) in [5.74, 6) is 1.15. The monoisotopic (exact) mass is 284 g/mol. The van der Waals surface area contributed by atoms with Crippen molar-refractivity contribution in [2.24, 2.45) is 0 Å². The first-order chi connectivity index (χ1) is 7.72. The molecule has 1 aromatic carbocycles. The Bertz CT molecular complexity index is 388. The van der Waals surface area contributed by atoms with E-state index in [1.165, 1.54) is 0 Å². The lowest BCUT2D eigenvalue weighted by Crippen LogP contribution is -2.00. The Morgan fingerprint density at radius 2 is 2.19 bits per heavy atom. The molecule has 0 saturated heterocycles. The smallest absolute Gasteiger partial charge is 0.175 e. The molecule has 0 unspecified atom stereocenters. The summed E-state index contributed by atoms with van der Waals surface area (Å²) in [4.78, 5) is 10.7. The van der Waals surface area contributed by atoms with Crippen molar-refractivity contribution in [3.63, 3.8) is 0 Å². The summed E-state index contributed by atoms with van der Waals surface area (Å²) in [6.07, 6.45) is 2.42. The van der Waals surface area contributed by atoms with Gasteiger partial charge in [-0.05, 0) is 35.0 Å². The van der Waals surface area contributed by atoms with Gasteiger partial charge in [0, 0.05) is 5.56 Å². The molecule has 4 heteroatoms. The number of hydrogen-bond acceptors (Lipinski definition) is 3. The summed E-state index contributed by atoms with van der Waals surface area (Å²) in [6.45, 7) is 6.35. The summed E-state index contributed by atoms with van der Waals surface area (Å²) in [7, 11) is 0. The van der Waals surface area contributed by atoms with Crippen LogP contribution in [0.15, 0.2) is 29.3 Å². The van der Waals surface area contributed by atoms with Gasteiger partial charge in [-0.25, -0.2) is 0 Å². The largest absolute Gasteiger partial charge is 0.490 e. The van der Waals surface area contributed by atoms with E-state index in [1.54, 1.807) is 18.2 Å². The zero-order valence-corrected chi connectivity index (χ0v) is 10.6. The van der Waals surface area contributed by atoms with E-state index in [4.69, 9.17) is 9.47 Å². The van der Waals surface area contributed by atoms with Gasteiger partial charge in [0.1, 0.15) is 12.9 Å². The Kier molecular flexibility index (Phi) is 5.05. The summed E-state index contributed by atoms with van der Waals surface area (Å²) in [6, 6.07) is 3.34. The summed E-state index contributed by atoms with van der Waals surface area (Å²) < 4.78 is 11.6. The van der Waals surface area contributed by atoms with Gasteiger partial charge in [0.2, 0.25) is 0 Å². The number of benzene rings is 1. The summed E-state index contributed by atoms with van der Waals surface area (Å²) in [5.41, 5.74) is 0.543. The van der Waals surface area contributed by atoms with Crippen molar-refractivity contribution in [1.82, 2.24) is 0 Å². The van der Waals surface area contributed by atoms with Crippen molar-refractivity contribution < 1.29 is 14.3 Å². The van der Waals surface area contributed by atoms with E-state index in [-0.39, 0.29) is 0 Å². The van der Waals surface area contributed by atoms with Gasteiger partial charge in [-0.15, -0.1) is 0 Å². The van der Waals surface area contributed by atoms with Crippen LogP contribution < -0.4 is 9.47 Å². The van der Waals surface area contributed by atoms with Gasteiger partial charge < -0.3 is 9.47 Å². The van der Waals surface area contributed by atoms with Crippen molar-refractivity contribution in [1.29, 1.82) is 0 Å². The number of rotatable bonds is 6. The molecule has 0 aliphatic heterocycles. The maximum atomic E-state index is 10.7. The average molecular weight is 285 g/mol. The van der Waals surface area contributed by atoms with Crippen molar-refractivity contribution in [3.05, 3.63) is 34.8 Å². The molecule has 0 radical (unpaired) electrons. The molecule has 0 bridgehead atoms. The molecule has 0 aliphatic rings. The zero-order chi connectivity index (χ0) is 12.0. The molecule has 0 aliphatic carbocycles. The van der Waals surface area contributed by atoms with Crippen molar-refractivity contribution >= 4 is 22.2 Å². The van der Waals surface area contributed by atoms with E-state index >= 15 is 0 Å². The van der Waals surface area contributed by atoms with Crippen molar-refractivity contribution in [2.45, 2.75) is 6.92 Å². The van der Waals surface area contributed by atoms with Gasteiger partial charge in [0.15, 0.2) is 11.5 Å². The van der Waals surface area contributed by atoms with Crippen LogP contribution in [0.3, 0.4) is 0 Å². The molecule has 0 fully saturated rings. The highest BCUT2D eigenvalue weighted by molar-refractivity contribution is 9.10. The molecule has 3 nitrogen and oxygen atoms in total. The molecule has 86 valence electrons. The predicted octanol–water partition coefficient (Wildman–Crippen LogP) is 3.23. The molecule has 0 aromatic heterocycles. The molecule has 1 aromatic rings.